The Hall–Kier alpha value is -2.50. The number of aliphatic hydroxyl groups is 2. The van der Waals surface area contributed by atoms with Crippen molar-refractivity contribution in [2.75, 3.05) is 0 Å². The molecular formula is C40H56O4. The van der Waals surface area contributed by atoms with Crippen molar-refractivity contribution >= 4 is 0 Å². The van der Waals surface area contributed by atoms with Crippen LogP contribution in [0.3, 0.4) is 0 Å². The van der Waals surface area contributed by atoms with E-state index < -0.39 is 0 Å². The van der Waals surface area contributed by atoms with E-state index in [1.807, 2.05) is 0 Å². The molecule has 2 saturated carbocycles. The molecule has 4 heteroatoms. The Labute approximate surface area is 267 Å². The molecule has 0 aromatic carbocycles. The van der Waals surface area contributed by atoms with Gasteiger partial charge in [0.25, 0.3) is 0 Å². The molecule has 6 atom stereocenters. The van der Waals surface area contributed by atoms with Crippen LogP contribution < -0.4 is 0 Å². The van der Waals surface area contributed by atoms with Crippen molar-refractivity contribution in [3.05, 3.63) is 107 Å². The predicted octanol–water partition coefficient (Wildman–Crippen LogP) is 8.97. The molecule has 0 spiro atoms. The molecule has 0 bridgehead atoms. The molecule has 240 valence electrons. The van der Waals surface area contributed by atoms with Crippen molar-refractivity contribution in [1.29, 1.82) is 0 Å². The minimum absolute atomic E-state index is 0.0969. The number of hydrogen-bond acceptors (Lipinski definition) is 4. The standard InChI is InChI=1S/C40H56O4/c1-29(17-13-19-31(3)21-23-39-35(5,6)25-33(41)27-37(39,9)43-39)15-11-12-16-30(2)18-14-20-32(4)22-24-40-36(7,8)26-34(42)28-38(40,10)44-40/h11-24,33-34,41-42H,25-28H2,1-10H3/b12-11+,17-13+,18-14+,23-21+,24-22+,29-15+,30-16+,31-19-,32-20+/t33-,34-,37-,38-,39+,40+/m0/s1. The van der Waals surface area contributed by atoms with Crippen molar-refractivity contribution in [3.63, 3.8) is 0 Å². The molecule has 4 nitrogen and oxygen atoms in total. The van der Waals surface area contributed by atoms with Crippen LogP contribution in [0.4, 0.5) is 0 Å². The Morgan fingerprint density at radius 2 is 0.818 bits per heavy atom. The third-order valence-corrected chi connectivity index (χ3v) is 10.4. The van der Waals surface area contributed by atoms with E-state index >= 15 is 0 Å². The lowest BCUT2D eigenvalue weighted by atomic mass is 9.63. The summed E-state index contributed by atoms with van der Waals surface area (Å²) in [5.41, 5.74) is 3.36. The van der Waals surface area contributed by atoms with E-state index in [9.17, 15) is 10.2 Å². The Bertz CT molecular complexity index is 1270. The summed E-state index contributed by atoms with van der Waals surface area (Å²) in [4.78, 5) is 0. The van der Waals surface area contributed by atoms with Crippen LogP contribution in [0.2, 0.25) is 0 Å². The molecule has 2 saturated heterocycles. The maximum absolute atomic E-state index is 10.3. The third kappa shape index (κ3) is 6.84. The van der Waals surface area contributed by atoms with Crippen LogP contribution in [0, 0.1) is 10.8 Å². The van der Waals surface area contributed by atoms with Crippen molar-refractivity contribution < 1.29 is 19.7 Å². The molecule has 0 amide bonds. The quantitative estimate of drug-likeness (QED) is 0.194. The van der Waals surface area contributed by atoms with Crippen molar-refractivity contribution in [2.45, 2.75) is 130 Å². The van der Waals surface area contributed by atoms with E-state index in [2.05, 4.69) is 154 Å². The van der Waals surface area contributed by atoms with Gasteiger partial charge in [0.2, 0.25) is 0 Å². The lowest BCUT2D eigenvalue weighted by Gasteiger charge is -2.39. The second-order valence-corrected chi connectivity index (χ2v) is 15.4. The largest absolute Gasteiger partial charge is 0.393 e. The van der Waals surface area contributed by atoms with Gasteiger partial charge in [-0.05, 0) is 66.5 Å². The summed E-state index contributed by atoms with van der Waals surface area (Å²) < 4.78 is 12.5. The molecule has 4 rings (SSSR count). The molecule has 0 unspecified atom stereocenters. The SMILES string of the molecule is CC(=C/C=C/C(C)=C/C=C/C=C(C)/C=C/C=C(C)/C=C/[C@]12O[C@@]1(C)C[C@@H](O)CC2(C)C)/C=C/[C@]12O[C@@]1(C)C[C@@H](O)CC2(C)C. The first-order valence-corrected chi connectivity index (χ1v) is 16.3. The monoisotopic (exact) mass is 600 g/mol. The van der Waals surface area contributed by atoms with Gasteiger partial charge in [0.15, 0.2) is 0 Å². The average Bonchev–Trinajstić information content (AvgIpc) is 3.73. The van der Waals surface area contributed by atoms with E-state index in [-0.39, 0.29) is 45.4 Å². The van der Waals surface area contributed by atoms with Gasteiger partial charge in [-0.3, -0.25) is 0 Å². The molecule has 2 N–H and O–H groups in total. The Balaban J connectivity index is 1.25. The summed E-state index contributed by atoms with van der Waals surface area (Å²) in [5, 5.41) is 20.5. The van der Waals surface area contributed by atoms with Gasteiger partial charge < -0.3 is 19.7 Å². The zero-order valence-electron chi connectivity index (χ0n) is 28.8. The van der Waals surface area contributed by atoms with Gasteiger partial charge in [-0.2, -0.15) is 0 Å². The van der Waals surface area contributed by atoms with Crippen molar-refractivity contribution in [2.24, 2.45) is 10.8 Å². The molecule has 2 heterocycles. The summed E-state index contributed by atoms with van der Waals surface area (Å²) in [6.45, 7) is 21.4. The number of aliphatic hydroxyl groups excluding tert-OH is 2. The molecule has 44 heavy (non-hydrogen) atoms. The number of hydrogen-bond donors (Lipinski definition) is 2. The summed E-state index contributed by atoms with van der Waals surface area (Å²) in [7, 11) is 0. The van der Waals surface area contributed by atoms with Crippen LogP contribution in [0.25, 0.3) is 0 Å². The number of epoxide rings is 2. The highest BCUT2D eigenvalue weighted by Gasteiger charge is 2.75. The predicted molar refractivity (Wildman–Crippen MR) is 183 cm³/mol. The molecule has 0 aromatic heterocycles. The first-order valence-electron chi connectivity index (χ1n) is 16.3. The summed E-state index contributed by atoms with van der Waals surface area (Å²) in [6, 6.07) is 0. The molecule has 2 aliphatic heterocycles. The van der Waals surface area contributed by atoms with E-state index in [1.165, 1.54) is 22.3 Å². The fourth-order valence-corrected chi connectivity index (χ4v) is 7.99. The number of allylic oxidation sites excluding steroid dienone is 16. The van der Waals surface area contributed by atoms with Crippen LogP contribution in [0.1, 0.15) is 94.9 Å². The van der Waals surface area contributed by atoms with E-state index in [0.29, 0.717) is 12.8 Å². The van der Waals surface area contributed by atoms with Gasteiger partial charge in [0.1, 0.15) is 22.4 Å². The maximum atomic E-state index is 10.3. The van der Waals surface area contributed by atoms with Crippen LogP contribution in [-0.2, 0) is 9.47 Å². The zero-order valence-corrected chi connectivity index (χ0v) is 28.8. The van der Waals surface area contributed by atoms with Gasteiger partial charge in [-0.1, -0.05) is 123 Å². The van der Waals surface area contributed by atoms with E-state index in [4.69, 9.17) is 9.47 Å². The first kappa shape index (κ1) is 34.4. The van der Waals surface area contributed by atoms with Gasteiger partial charge in [-0.15, -0.1) is 0 Å². The van der Waals surface area contributed by atoms with Crippen molar-refractivity contribution in [1.82, 2.24) is 0 Å². The fourth-order valence-electron chi connectivity index (χ4n) is 7.99. The molecule has 0 radical (unpaired) electrons. The lowest BCUT2D eigenvalue weighted by Crippen LogP contribution is -2.46. The smallest absolute Gasteiger partial charge is 0.121 e. The number of ether oxygens (including phenoxy) is 2. The van der Waals surface area contributed by atoms with Gasteiger partial charge in [0, 0.05) is 23.7 Å². The second kappa shape index (κ2) is 12.4. The van der Waals surface area contributed by atoms with Crippen LogP contribution in [0.5, 0.6) is 0 Å². The highest BCUT2D eigenvalue weighted by molar-refractivity contribution is 5.38. The van der Waals surface area contributed by atoms with Crippen LogP contribution in [0.15, 0.2) is 107 Å². The number of rotatable bonds is 10. The highest BCUT2D eigenvalue weighted by atomic mass is 16.6. The lowest BCUT2D eigenvalue weighted by molar-refractivity contribution is 0.0510. The molecule has 4 aliphatic rings. The maximum Gasteiger partial charge on any atom is 0.121 e. The Kier molecular flexibility index (Phi) is 9.66. The van der Waals surface area contributed by atoms with E-state index in [0.717, 1.165) is 12.8 Å². The minimum Gasteiger partial charge on any atom is -0.393 e. The minimum atomic E-state index is -0.294. The normalized spacial score (nSPS) is 39.2. The Morgan fingerprint density at radius 1 is 0.500 bits per heavy atom. The summed E-state index contributed by atoms with van der Waals surface area (Å²) in [6.07, 6.45) is 32.0. The van der Waals surface area contributed by atoms with Crippen molar-refractivity contribution in [3.8, 4) is 0 Å². The van der Waals surface area contributed by atoms with Gasteiger partial charge >= 0.3 is 0 Å². The first-order chi connectivity index (χ1) is 20.4. The molecule has 4 fully saturated rings. The van der Waals surface area contributed by atoms with E-state index in [1.54, 1.807) is 0 Å². The molecule has 2 aliphatic carbocycles. The second-order valence-electron chi connectivity index (χ2n) is 15.4. The molecule has 0 aromatic rings. The summed E-state index contributed by atoms with van der Waals surface area (Å²) >= 11 is 0. The topological polar surface area (TPSA) is 65.5 Å². The van der Waals surface area contributed by atoms with Crippen LogP contribution >= 0.6 is 0 Å². The number of fused-ring (bicyclic) bond motifs is 2. The third-order valence-electron chi connectivity index (χ3n) is 10.4. The van der Waals surface area contributed by atoms with Gasteiger partial charge in [-0.25, -0.2) is 0 Å². The molecular weight excluding hydrogens is 544 g/mol. The Morgan fingerprint density at radius 3 is 1.16 bits per heavy atom. The highest BCUT2D eigenvalue weighted by Crippen LogP contribution is 2.67. The fraction of sp³-hybridized carbons (Fsp3) is 0.550. The summed E-state index contributed by atoms with van der Waals surface area (Å²) in [5.74, 6) is 0. The van der Waals surface area contributed by atoms with Crippen LogP contribution in [-0.4, -0.2) is 44.8 Å². The zero-order chi connectivity index (χ0) is 32.6. The average molecular weight is 601 g/mol. The van der Waals surface area contributed by atoms with Gasteiger partial charge in [0.05, 0.1) is 12.2 Å².